The van der Waals surface area contributed by atoms with E-state index in [1.165, 1.54) is 17.7 Å². The number of non-ortho nitro benzene ring substituents is 1. The van der Waals surface area contributed by atoms with Crippen LogP contribution >= 0.6 is 11.3 Å². The molecule has 0 aliphatic rings. The van der Waals surface area contributed by atoms with Gasteiger partial charge in [0.1, 0.15) is 16.5 Å². The Kier molecular flexibility index (Phi) is 4.87. The van der Waals surface area contributed by atoms with Crippen molar-refractivity contribution >= 4 is 29.2 Å². The van der Waals surface area contributed by atoms with Crippen LogP contribution in [0.3, 0.4) is 0 Å². The number of hydrogen-bond acceptors (Lipinski definition) is 5. The molecule has 4 aromatic rings. The molecule has 0 N–H and O–H groups in total. The molecule has 0 saturated heterocycles. The standard InChI is InChI=1S/C22H16N2O3S/c1-15-2-4-16(5-3-15)20-14-28-22(23-20)13-11-19-10-12-21(27-19)17-6-8-18(9-7-17)24(25)26/h2-14H,1H3/b13-11+. The second kappa shape index (κ2) is 7.62. The Bertz CT molecular complexity index is 1140. The molecule has 5 nitrogen and oxygen atoms in total. The van der Waals surface area contributed by atoms with Crippen molar-refractivity contribution in [1.29, 1.82) is 0 Å². The number of hydrogen-bond donors (Lipinski definition) is 0. The average Bonchev–Trinajstić information content (AvgIpc) is 3.37. The smallest absolute Gasteiger partial charge is 0.269 e. The predicted molar refractivity (Wildman–Crippen MR) is 112 cm³/mol. The van der Waals surface area contributed by atoms with Crippen molar-refractivity contribution in [2.45, 2.75) is 6.92 Å². The molecule has 2 aromatic heterocycles. The summed E-state index contributed by atoms with van der Waals surface area (Å²) >= 11 is 1.57. The minimum Gasteiger partial charge on any atom is -0.457 e. The van der Waals surface area contributed by atoms with E-state index in [-0.39, 0.29) is 5.69 Å². The van der Waals surface area contributed by atoms with Crippen LogP contribution in [0.2, 0.25) is 0 Å². The van der Waals surface area contributed by atoms with E-state index in [4.69, 9.17) is 4.42 Å². The lowest BCUT2D eigenvalue weighted by Crippen LogP contribution is -1.86. The molecular formula is C22H16N2O3S. The Balaban J connectivity index is 1.48. The van der Waals surface area contributed by atoms with Crippen LogP contribution in [-0.2, 0) is 0 Å². The van der Waals surface area contributed by atoms with Gasteiger partial charge in [0.05, 0.1) is 10.6 Å². The molecule has 138 valence electrons. The summed E-state index contributed by atoms with van der Waals surface area (Å²) in [5, 5.41) is 13.7. The van der Waals surface area contributed by atoms with Gasteiger partial charge in [-0.1, -0.05) is 29.8 Å². The van der Waals surface area contributed by atoms with Gasteiger partial charge in [-0.2, -0.15) is 0 Å². The van der Waals surface area contributed by atoms with Gasteiger partial charge < -0.3 is 4.42 Å². The number of furan rings is 1. The van der Waals surface area contributed by atoms with Gasteiger partial charge in [-0.05, 0) is 43.3 Å². The molecule has 0 aliphatic carbocycles. The number of benzene rings is 2. The minimum absolute atomic E-state index is 0.0589. The van der Waals surface area contributed by atoms with E-state index in [1.54, 1.807) is 23.5 Å². The van der Waals surface area contributed by atoms with Crippen molar-refractivity contribution in [2.24, 2.45) is 0 Å². The number of thiazole rings is 1. The van der Waals surface area contributed by atoms with E-state index >= 15 is 0 Å². The van der Waals surface area contributed by atoms with Gasteiger partial charge in [0.15, 0.2) is 0 Å². The second-order valence-corrected chi connectivity index (χ2v) is 7.17. The minimum atomic E-state index is -0.418. The van der Waals surface area contributed by atoms with Crippen LogP contribution in [0.15, 0.2) is 70.5 Å². The highest BCUT2D eigenvalue weighted by molar-refractivity contribution is 7.10. The fraction of sp³-hybridized carbons (Fsp3) is 0.0455. The van der Waals surface area contributed by atoms with Crippen molar-refractivity contribution in [3.05, 3.63) is 92.5 Å². The van der Waals surface area contributed by atoms with Crippen LogP contribution in [0.25, 0.3) is 34.7 Å². The number of nitro benzene ring substituents is 1. The van der Waals surface area contributed by atoms with Crippen LogP contribution in [0.1, 0.15) is 16.3 Å². The zero-order valence-corrected chi connectivity index (χ0v) is 15.8. The van der Waals surface area contributed by atoms with E-state index in [0.717, 1.165) is 21.8 Å². The number of aryl methyl sites for hydroxylation is 1. The van der Waals surface area contributed by atoms with Gasteiger partial charge in [-0.15, -0.1) is 11.3 Å². The maximum Gasteiger partial charge on any atom is 0.269 e. The third-order valence-corrected chi connectivity index (χ3v) is 5.06. The highest BCUT2D eigenvalue weighted by Gasteiger charge is 2.08. The molecule has 0 amide bonds. The van der Waals surface area contributed by atoms with Crippen molar-refractivity contribution in [3.63, 3.8) is 0 Å². The lowest BCUT2D eigenvalue weighted by molar-refractivity contribution is -0.384. The Hall–Kier alpha value is -3.51. The molecule has 4 rings (SSSR count). The summed E-state index contributed by atoms with van der Waals surface area (Å²) in [7, 11) is 0. The maximum absolute atomic E-state index is 10.7. The summed E-state index contributed by atoms with van der Waals surface area (Å²) < 4.78 is 5.82. The summed E-state index contributed by atoms with van der Waals surface area (Å²) in [5.41, 5.74) is 4.13. The van der Waals surface area contributed by atoms with Crippen molar-refractivity contribution in [3.8, 4) is 22.6 Å². The van der Waals surface area contributed by atoms with E-state index in [0.29, 0.717) is 11.5 Å². The van der Waals surface area contributed by atoms with Crippen molar-refractivity contribution in [1.82, 2.24) is 4.98 Å². The molecule has 2 heterocycles. The highest BCUT2D eigenvalue weighted by atomic mass is 32.1. The quantitative estimate of drug-likeness (QED) is 0.291. The number of nitrogens with zero attached hydrogens (tertiary/aromatic N) is 2. The molecule has 0 radical (unpaired) electrons. The SMILES string of the molecule is Cc1ccc(-c2csc(/C=C/c3ccc(-c4ccc([N+](=O)[O-])cc4)o3)n2)cc1. The third-order valence-electron chi connectivity index (χ3n) is 4.25. The first-order valence-electron chi connectivity index (χ1n) is 8.64. The lowest BCUT2D eigenvalue weighted by Gasteiger charge is -1.96. The monoisotopic (exact) mass is 388 g/mol. The fourth-order valence-electron chi connectivity index (χ4n) is 2.72. The van der Waals surface area contributed by atoms with Crippen molar-refractivity contribution in [2.75, 3.05) is 0 Å². The topological polar surface area (TPSA) is 69.2 Å². The van der Waals surface area contributed by atoms with Crippen molar-refractivity contribution < 1.29 is 9.34 Å². The first kappa shape index (κ1) is 17.9. The lowest BCUT2D eigenvalue weighted by atomic mass is 10.1. The molecule has 6 heteroatoms. The molecule has 0 atom stereocenters. The average molecular weight is 388 g/mol. The normalized spacial score (nSPS) is 11.2. The highest BCUT2D eigenvalue weighted by Crippen LogP contribution is 2.26. The summed E-state index contributed by atoms with van der Waals surface area (Å²) in [6, 6.07) is 18.3. The van der Waals surface area contributed by atoms with Gasteiger partial charge in [-0.3, -0.25) is 10.1 Å². The molecular weight excluding hydrogens is 372 g/mol. The van der Waals surface area contributed by atoms with Gasteiger partial charge >= 0.3 is 0 Å². The number of nitro groups is 1. The van der Waals surface area contributed by atoms with Gasteiger partial charge in [0.2, 0.25) is 0 Å². The maximum atomic E-state index is 10.7. The van der Waals surface area contributed by atoms with Crippen LogP contribution in [-0.4, -0.2) is 9.91 Å². The van der Waals surface area contributed by atoms with Crippen LogP contribution in [0, 0.1) is 17.0 Å². The largest absolute Gasteiger partial charge is 0.457 e. The Morgan fingerprint density at radius 2 is 1.68 bits per heavy atom. The van der Waals surface area contributed by atoms with Crippen LogP contribution < -0.4 is 0 Å². The molecule has 0 bridgehead atoms. The summed E-state index contributed by atoms with van der Waals surface area (Å²) in [6.07, 6.45) is 3.79. The molecule has 0 fully saturated rings. The van der Waals surface area contributed by atoms with E-state index in [2.05, 4.69) is 36.2 Å². The van der Waals surface area contributed by atoms with Gasteiger partial charge in [0, 0.05) is 28.6 Å². The molecule has 0 unspecified atom stereocenters. The van der Waals surface area contributed by atoms with E-state index in [9.17, 15) is 10.1 Å². The van der Waals surface area contributed by atoms with Crippen LogP contribution in [0.4, 0.5) is 5.69 Å². The Morgan fingerprint density at radius 3 is 2.39 bits per heavy atom. The molecule has 0 saturated carbocycles. The first-order valence-corrected chi connectivity index (χ1v) is 9.52. The summed E-state index contributed by atoms with van der Waals surface area (Å²) in [5.74, 6) is 1.36. The molecule has 0 aliphatic heterocycles. The van der Waals surface area contributed by atoms with Gasteiger partial charge in [0.25, 0.3) is 5.69 Å². The zero-order valence-electron chi connectivity index (χ0n) is 15.0. The van der Waals surface area contributed by atoms with Gasteiger partial charge in [-0.25, -0.2) is 4.98 Å². The predicted octanol–water partition coefficient (Wildman–Crippen LogP) is 6.46. The Morgan fingerprint density at radius 1 is 0.964 bits per heavy atom. The zero-order chi connectivity index (χ0) is 19.5. The second-order valence-electron chi connectivity index (χ2n) is 6.28. The van der Waals surface area contributed by atoms with E-state index in [1.807, 2.05) is 29.7 Å². The molecule has 0 spiro atoms. The molecule has 28 heavy (non-hydrogen) atoms. The Labute approximate surface area is 165 Å². The third kappa shape index (κ3) is 3.92. The summed E-state index contributed by atoms with van der Waals surface area (Å²) in [4.78, 5) is 15.0. The number of rotatable bonds is 5. The van der Waals surface area contributed by atoms with E-state index < -0.39 is 4.92 Å². The first-order chi connectivity index (χ1) is 13.6. The fourth-order valence-corrected chi connectivity index (χ4v) is 3.44. The van der Waals surface area contributed by atoms with Crippen LogP contribution in [0.5, 0.6) is 0 Å². The molecule has 2 aromatic carbocycles. The number of aromatic nitrogens is 1. The summed E-state index contributed by atoms with van der Waals surface area (Å²) in [6.45, 7) is 2.06.